The normalized spacial score (nSPS) is 13.1. The van der Waals surface area contributed by atoms with Crippen molar-refractivity contribution in [3.05, 3.63) is 157 Å². The van der Waals surface area contributed by atoms with Gasteiger partial charge in [-0.05, 0) is 45.2 Å². The summed E-state index contributed by atoms with van der Waals surface area (Å²) in [5.41, 5.74) is 7.48. The fourth-order valence-electron chi connectivity index (χ4n) is 6.18. The molecule has 1 heterocycles. The number of hydrogen-bond acceptors (Lipinski definition) is 2. The molecular formula is C39H24F2N2. The summed E-state index contributed by atoms with van der Waals surface area (Å²) in [7, 11) is 0. The molecule has 43 heavy (non-hydrogen) atoms. The summed E-state index contributed by atoms with van der Waals surface area (Å²) in [5, 5.41) is 1.96. The predicted octanol–water partition coefficient (Wildman–Crippen LogP) is 10.4. The number of hydrogen-bond donors (Lipinski definition) is 0. The van der Waals surface area contributed by atoms with Crippen molar-refractivity contribution in [3.8, 4) is 56.2 Å². The first-order valence-electron chi connectivity index (χ1n) is 14.2. The van der Waals surface area contributed by atoms with Crippen molar-refractivity contribution >= 4 is 10.8 Å². The molecule has 0 fully saturated rings. The highest BCUT2D eigenvalue weighted by atomic mass is 19.3. The number of fused-ring (bicyclic) bond motifs is 4. The van der Waals surface area contributed by atoms with E-state index in [9.17, 15) is 0 Å². The van der Waals surface area contributed by atoms with Crippen LogP contribution in [0.2, 0.25) is 0 Å². The molecule has 7 aromatic rings. The Kier molecular flexibility index (Phi) is 5.76. The van der Waals surface area contributed by atoms with Crippen molar-refractivity contribution in [1.29, 1.82) is 0 Å². The van der Waals surface area contributed by atoms with Crippen LogP contribution < -0.4 is 0 Å². The molecule has 0 atom stereocenters. The lowest BCUT2D eigenvalue weighted by molar-refractivity contribution is 0.0480. The zero-order valence-electron chi connectivity index (χ0n) is 23.0. The smallest absolute Gasteiger partial charge is 0.228 e. The van der Waals surface area contributed by atoms with Gasteiger partial charge in [-0.25, -0.2) is 9.97 Å². The number of nitrogens with zero attached hydrogens (tertiary/aromatic N) is 2. The van der Waals surface area contributed by atoms with Gasteiger partial charge in [0, 0.05) is 27.8 Å². The molecule has 0 unspecified atom stereocenters. The maximum atomic E-state index is 15.6. The number of benzene rings is 6. The fraction of sp³-hybridized carbons (Fsp3) is 0.0256. The summed E-state index contributed by atoms with van der Waals surface area (Å²) in [4.78, 5) is 9.96. The molecular weight excluding hydrogens is 534 g/mol. The predicted molar refractivity (Wildman–Crippen MR) is 170 cm³/mol. The van der Waals surface area contributed by atoms with Crippen LogP contribution in [0.25, 0.3) is 66.9 Å². The Bertz CT molecular complexity index is 2100. The molecule has 0 N–H and O–H groups in total. The van der Waals surface area contributed by atoms with Gasteiger partial charge in [-0.15, -0.1) is 0 Å². The first-order valence-corrected chi connectivity index (χ1v) is 14.2. The SMILES string of the molecule is FC1(F)c2ccccc2-c2ccc(-c3ccc(-c4cc(-c5ccccc5)nc(-c5ccccc5)n4)c4ccccc34)cc21. The zero-order valence-corrected chi connectivity index (χ0v) is 23.0. The maximum absolute atomic E-state index is 15.6. The molecule has 0 amide bonds. The summed E-state index contributed by atoms with van der Waals surface area (Å²) in [5.74, 6) is -2.40. The first-order chi connectivity index (χ1) is 21.1. The number of alkyl halides is 2. The fourth-order valence-corrected chi connectivity index (χ4v) is 6.18. The monoisotopic (exact) mass is 558 g/mol. The van der Waals surface area contributed by atoms with Crippen LogP contribution >= 0.6 is 0 Å². The third-order valence-corrected chi connectivity index (χ3v) is 8.25. The number of aromatic nitrogens is 2. The highest BCUT2D eigenvalue weighted by molar-refractivity contribution is 6.05. The minimum atomic E-state index is -3.04. The second-order valence-electron chi connectivity index (χ2n) is 10.8. The Morgan fingerprint density at radius 2 is 0.953 bits per heavy atom. The van der Waals surface area contributed by atoms with Crippen molar-refractivity contribution < 1.29 is 8.78 Å². The molecule has 2 nitrogen and oxygen atoms in total. The van der Waals surface area contributed by atoms with E-state index in [1.165, 1.54) is 6.07 Å². The summed E-state index contributed by atoms with van der Waals surface area (Å²) < 4.78 is 31.1. The highest BCUT2D eigenvalue weighted by Crippen LogP contribution is 2.52. The summed E-state index contributed by atoms with van der Waals surface area (Å²) in [6, 6.07) is 46.4. The second-order valence-corrected chi connectivity index (χ2v) is 10.8. The van der Waals surface area contributed by atoms with E-state index in [-0.39, 0.29) is 11.1 Å². The quantitative estimate of drug-likeness (QED) is 0.215. The van der Waals surface area contributed by atoms with Gasteiger partial charge in [0.1, 0.15) is 0 Å². The third kappa shape index (κ3) is 4.14. The van der Waals surface area contributed by atoms with E-state index in [4.69, 9.17) is 9.97 Å². The van der Waals surface area contributed by atoms with Gasteiger partial charge in [-0.2, -0.15) is 8.78 Å². The second kappa shape index (κ2) is 9.81. The van der Waals surface area contributed by atoms with Crippen molar-refractivity contribution in [2.24, 2.45) is 0 Å². The van der Waals surface area contributed by atoms with Gasteiger partial charge in [0.25, 0.3) is 5.92 Å². The summed E-state index contributed by atoms with van der Waals surface area (Å²) in [6.07, 6.45) is 0. The Morgan fingerprint density at radius 1 is 0.395 bits per heavy atom. The number of halogens is 2. The van der Waals surface area contributed by atoms with E-state index >= 15 is 8.78 Å². The Balaban J connectivity index is 1.30. The van der Waals surface area contributed by atoms with Crippen LogP contribution in [-0.2, 0) is 5.92 Å². The number of rotatable bonds is 4. The van der Waals surface area contributed by atoms with Crippen LogP contribution in [0.15, 0.2) is 146 Å². The van der Waals surface area contributed by atoms with Crippen LogP contribution in [-0.4, -0.2) is 9.97 Å². The van der Waals surface area contributed by atoms with Crippen LogP contribution in [0.4, 0.5) is 8.78 Å². The lowest BCUT2D eigenvalue weighted by Crippen LogP contribution is -2.10. The molecule has 0 saturated heterocycles. The molecule has 0 bridgehead atoms. The first kappa shape index (κ1) is 25.2. The lowest BCUT2D eigenvalue weighted by Gasteiger charge is -2.16. The molecule has 4 heteroatoms. The molecule has 8 rings (SSSR count). The van der Waals surface area contributed by atoms with E-state index in [0.29, 0.717) is 17.0 Å². The van der Waals surface area contributed by atoms with E-state index in [2.05, 4.69) is 6.07 Å². The maximum Gasteiger partial charge on any atom is 0.299 e. The summed E-state index contributed by atoms with van der Waals surface area (Å²) in [6.45, 7) is 0. The molecule has 1 aliphatic rings. The Morgan fingerprint density at radius 3 is 1.72 bits per heavy atom. The Hall–Kier alpha value is -5.48. The minimum absolute atomic E-state index is 0.0511. The molecule has 1 aliphatic carbocycles. The van der Waals surface area contributed by atoms with Gasteiger partial charge in [0.05, 0.1) is 11.4 Å². The van der Waals surface area contributed by atoms with Gasteiger partial charge in [0.15, 0.2) is 5.82 Å². The topological polar surface area (TPSA) is 25.8 Å². The molecule has 0 radical (unpaired) electrons. The van der Waals surface area contributed by atoms with E-state index < -0.39 is 5.92 Å². The van der Waals surface area contributed by atoms with Gasteiger partial charge >= 0.3 is 0 Å². The molecule has 0 aliphatic heterocycles. The van der Waals surface area contributed by atoms with Crippen LogP contribution in [0, 0.1) is 0 Å². The van der Waals surface area contributed by atoms with Gasteiger partial charge < -0.3 is 0 Å². The lowest BCUT2D eigenvalue weighted by atomic mass is 9.91. The van der Waals surface area contributed by atoms with Gasteiger partial charge in [-0.3, -0.25) is 0 Å². The van der Waals surface area contributed by atoms with Gasteiger partial charge in [-0.1, -0.05) is 133 Å². The van der Waals surface area contributed by atoms with Crippen molar-refractivity contribution in [2.45, 2.75) is 5.92 Å². The molecule has 0 spiro atoms. The van der Waals surface area contributed by atoms with E-state index in [0.717, 1.165) is 50.0 Å². The molecule has 1 aromatic heterocycles. The zero-order chi connectivity index (χ0) is 29.0. The van der Waals surface area contributed by atoms with E-state index in [1.807, 2.05) is 115 Å². The third-order valence-electron chi connectivity index (χ3n) is 8.25. The minimum Gasteiger partial charge on any atom is -0.228 e. The van der Waals surface area contributed by atoms with Crippen LogP contribution in [0.5, 0.6) is 0 Å². The van der Waals surface area contributed by atoms with Crippen molar-refractivity contribution in [3.63, 3.8) is 0 Å². The highest BCUT2D eigenvalue weighted by Gasteiger charge is 2.44. The molecule has 204 valence electrons. The average molecular weight is 559 g/mol. The van der Waals surface area contributed by atoms with Crippen LogP contribution in [0.1, 0.15) is 11.1 Å². The van der Waals surface area contributed by atoms with Crippen LogP contribution in [0.3, 0.4) is 0 Å². The summed E-state index contributed by atoms with van der Waals surface area (Å²) >= 11 is 0. The van der Waals surface area contributed by atoms with Crippen molar-refractivity contribution in [2.75, 3.05) is 0 Å². The molecule has 6 aromatic carbocycles. The van der Waals surface area contributed by atoms with Gasteiger partial charge in [0.2, 0.25) is 0 Å². The molecule has 0 saturated carbocycles. The standard InChI is InChI=1S/C39H24F2N2/c40-39(41)34-18-10-9-17-31(34)32-20-19-27(23-35(32)39)28-21-22-33(30-16-8-7-15-29(28)30)37-24-36(25-11-3-1-4-12-25)42-38(43-37)26-13-5-2-6-14-26/h1-24H. The van der Waals surface area contributed by atoms with E-state index in [1.54, 1.807) is 18.2 Å². The average Bonchev–Trinajstić information content (AvgIpc) is 3.30. The largest absolute Gasteiger partial charge is 0.299 e. The Labute approximate surface area is 248 Å². The van der Waals surface area contributed by atoms with Crippen molar-refractivity contribution in [1.82, 2.24) is 9.97 Å².